The van der Waals surface area contributed by atoms with Gasteiger partial charge in [-0.2, -0.15) is 0 Å². The summed E-state index contributed by atoms with van der Waals surface area (Å²) in [5.41, 5.74) is 0. The van der Waals surface area contributed by atoms with Crippen molar-refractivity contribution in [2.24, 2.45) is 0 Å². The lowest BCUT2D eigenvalue weighted by Gasteiger charge is -1.88. The molecule has 0 saturated carbocycles. The molecule has 1 radical (unpaired) electrons. The van der Waals surface area contributed by atoms with Gasteiger partial charge in [0.2, 0.25) is 0 Å². The zero-order valence-corrected chi connectivity index (χ0v) is 4.42. The van der Waals surface area contributed by atoms with Gasteiger partial charge < -0.3 is 5.32 Å². The minimum atomic E-state index is 0.519. The summed E-state index contributed by atoms with van der Waals surface area (Å²) >= 11 is 4.94. The normalized spacial score (nSPS) is 34.5. The molecule has 6 heavy (non-hydrogen) atoms. The van der Waals surface area contributed by atoms with Gasteiger partial charge in [0.25, 0.3) is 0 Å². The van der Waals surface area contributed by atoms with Crippen molar-refractivity contribution < 1.29 is 0 Å². The molecule has 0 aromatic heterocycles. The number of hydrogen-bond donors (Lipinski definition) is 1. The molecule has 1 saturated heterocycles. The third-order valence-electron chi connectivity index (χ3n) is 1.02. The van der Waals surface area contributed by atoms with Gasteiger partial charge in [0, 0.05) is 11.8 Å². The number of hydrogen-bond acceptors (Lipinski definition) is 1. The summed E-state index contributed by atoms with van der Waals surface area (Å²) < 4.78 is 0. The summed E-state index contributed by atoms with van der Waals surface area (Å²) in [4.78, 5) is 0. The van der Waals surface area contributed by atoms with E-state index in [-0.39, 0.29) is 0 Å². The van der Waals surface area contributed by atoms with Crippen LogP contribution in [0.2, 0.25) is 0 Å². The van der Waals surface area contributed by atoms with Crippen molar-refractivity contribution >= 4 is 12.6 Å². The molecule has 0 unspecified atom stereocenters. The van der Waals surface area contributed by atoms with Crippen LogP contribution < -0.4 is 5.32 Å². The van der Waals surface area contributed by atoms with Crippen molar-refractivity contribution in [1.82, 2.24) is 5.32 Å². The van der Waals surface area contributed by atoms with Gasteiger partial charge in [-0.1, -0.05) is 12.6 Å². The quantitative estimate of drug-likeness (QED) is 0.471. The van der Waals surface area contributed by atoms with Gasteiger partial charge in [0.1, 0.15) is 0 Å². The van der Waals surface area contributed by atoms with Crippen LogP contribution in [0.3, 0.4) is 0 Å². The molecule has 1 fully saturated rings. The Kier molecular flexibility index (Phi) is 1.37. The highest BCUT2D eigenvalue weighted by Crippen LogP contribution is 2.02. The molecular formula is C4H8NS. The smallest absolute Gasteiger partial charge is 0.0288 e. The highest BCUT2D eigenvalue weighted by Gasteiger charge is 2.08. The second kappa shape index (κ2) is 1.85. The zero-order valence-electron chi connectivity index (χ0n) is 3.61. The predicted molar refractivity (Wildman–Crippen MR) is 28.9 cm³/mol. The molecule has 0 spiro atoms. The van der Waals surface area contributed by atoms with Crippen LogP contribution in [0.25, 0.3) is 0 Å². The Labute approximate surface area is 43.5 Å². The average Bonchev–Trinajstić information content (AvgIpc) is 1.86. The Hall–Kier alpha value is 0.310. The second-order valence-corrected chi connectivity index (χ2v) is 2.28. The van der Waals surface area contributed by atoms with E-state index in [1.54, 1.807) is 0 Å². The third kappa shape index (κ3) is 0.884. The van der Waals surface area contributed by atoms with Crippen molar-refractivity contribution in [1.29, 1.82) is 0 Å². The maximum absolute atomic E-state index is 4.94. The lowest BCUT2D eigenvalue weighted by Crippen LogP contribution is -2.07. The van der Waals surface area contributed by atoms with E-state index in [4.69, 9.17) is 12.6 Å². The topological polar surface area (TPSA) is 12.0 Å². The Balaban J connectivity index is 2.18. The molecule has 1 N–H and O–H groups in total. The van der Waals surface area contributed by atoms with E-state index in [0.717, 1.165) is 13.1 Å². The summed E-state index contributed by atoms with van der Waals surface area (Å²) in [7, 11) is 0. The Morgan fingerprint density at radius 1 is 1.67 bits per heavy atom. The Morgan fingerprint density at radius 3 is 2.67 bits per heavy atom. The summed E-state index contributed by atoms with van der Waals surface area (Å²) in [6.07, 6.45) is 1.19. The van der Waals surface area contributed by atoms with Gasteiger partial charge in [-0.25, -0.2) is 0 Å². The van der Waals surface area contributed by atoms with E-state index in [2.05, 4.69) is 5.32 Å². The SMILES string of the molecule is [S][C@H]1CCNC1. The molecule has 1 aliphatic rings. The monoisotopic (exact) mass is 102 g/mol. The molecule has 1 aliphatic heterocycles. The molecule has 35 valence electrons. The van der Waals surface area contributed by atoms with Crippen molar-refractivity contribution in [2.75, 3.05) is 13.1 Å². The largest absolute Gasteiger partial charge is 0.316 e. The summed E-state index contributed by atoms with van der Waals surface area (Å²) in [5.74, 6) is 0. The molecular weight excluding hydrogens is 94.1 g/mol. The molecule has 1 rings (SSSR count). The maximum atomic E-state index is 4.94. The lowest BCUT2D eigenvalue weighted by molar-refractivity contribution is 0.859. The van der Waals surface area contributed by atoms with Gasteiger partial charge in [-0.05, 0) is 13.0 Å². The fourth-order valence-corrected chi connectivity index (χ4v) is 0.864. The van der Waals surface area contributed by atoms with E-state index in [1.807, 2.05) is 0 Å². The van der Waals surface area contributed by atoms with Gasteiger partial charge in [-0.15, -0.1) is 0 Å². The summed E-state index contributed by atoms with van der Waals surface area (Å²) in [6.45, 7) is 2.18. The maximum Gasteiger partial charge on any atom is 0.0288 e. The first-order chi connectivity index (χ1) is 2.89. The molecule has 0 aromatic carbocycles. The summed E-state index contributed by atoms with van der Waals surface area (Å²) in [6, 6.07) is 0. The van der Waals surface area contributed by atoms with Crippen molar-refractivity contribution in [3.8, 4) is 0 Å². The van der Waals surface area contributed by atoms with Crippen LogP contribution in [0, 0.1) is 0 Å². The van der Waals surface area contributed by atoms with Gasteiger partial charge in [0.15, 0.2) is 0 Å². The third-order valence-corrected chi connectivity index (χ3v) is 1.42. The molecule has 0 aliphatic carbocycles. The molecule has 2 heteroatoms. The molecule has 1 heterocycles. The predicted octanol–water partition coefficient (Wildman–Crippen LogP) is 0.546. The van der Waals surface area contributed by atoms with E-state index < -0.39 is 0 Å². The fraction of sp³-hybridized carbons (Fsp3) is 1.00. The van der Waals surface area contributed by atoms with Crippen LogP contribution in [-0.2, 0) is 0 Å². The molecule has 1 nitrogen and oxygen atoms in total. The first-order valence-corrected chi connectivity index (χ1v) is 2.73. The van der Waals surface area contributed by atoms with Crippen LogP contribution in [0.1, 0.15) is 6.42 Å². The van der Waals surface area contributed by atoms with Crippen LogP contribution in [-0.4, -0.2) is 18.3 Å². The average molecular weight is 102 g/mol. The second-order valence-electron chi connectivity index (χ2n) is 1.61. The van der Waals surface area contributed by atoms with Gasteiger partial charge in [-0.3, -0.25) is 0 Å². The van der Waals surface area contributed by atoms with E-state index in [9.17, 15) is 0 Å². The number of nitrogens with one attached hydrogen (secondary N) is 1. The Morgan fingerprint density at radius 2 is 2.50 bits per heavy atom. The molecule has 0 amide bonds. The minimum absolute atomic E-state index is 0.519. The van der Waals surface area contributed by atoms with Crippen LogP contribution in [0.5, 0.6) is 0 Å². The highest BCUT2D eigenvalue weighted by molar-refractivity contribution is 7.81. The standard InChI is InChI=1S/C4H8NS/c6-4-1-2-5-3-4/h4-5H,1-3H2/t4-/m0/s1. The molecule has 0 bridgehead atoms. The van der Waals surface area contributed by atoms with E-state index in [0.29, 0.717) is 5.25 Å². The van der Waals surface area contributed by atoms with E-state index in [1.165, 1.54) is 6.42 Å². The molecule has 1 atom stereocenters. The lowest BCUT2D eigenvalue weighted by atomic mass is 10.4. The fourth-order valence-electron chi connectivity index (χ4n) is 0.628. The first kappa shape index (κ1) is 4.47. The summed E-state index contributed by atoms with van der Waals surface area (Å²) in [5, 5.41) is 3.69. The van der Waals surface area contributed by atoms with Crippen LogP contribution in [0.4, 0.5) is 0 Å². The van der Waals surface area contributed by atoms with Crippen LogP contribution in [0.15, 0.2) is 0 Å². The van der Waals surface area contributed by atoms with Crippen molar-refractivity contribution in [3.63, 3.8) is 0 Å². The van der Waals surface area contributed by atoms with E-state index >= 15 is 0 Å². The van der Waals surface area contributed by atoms with Gasteiger partial charge >= 0.3 is 0 Å². The minimum Gasteiger partial charge on any atom is -0.316 e. The van der Waals surface area contributed by atoms with Crippen LogP contribution >= 0.6 is 12.6 Å². The van der Waals surface area contributed by atoms with Crippen molar-refractivity contribution in [3.05, 3.63) is 0 Å². The number of rotatable bonds is 0. The van der Waals surface area contributed by atoms with Gasteiger partial charge in [0.05, 0.1) is 0 Å². The molecule has 0 aromatic rings. The Bertz CT molecular complexity index is 40.8. The van der Waals surface area contributed by atoms with Crippen molar-refractivity contribution in [2.45, 2.75) is 11.7 Å². The first-order valence-electron chi connectivity index (χ1n) is 2.26. The zero-order chi connectivity index (χ0) is 4.41. The highest BCUT2D eigenvalue weighted by atomic mass is 32.1.